The van der Waals surface area contributed by atoms with Crippen LogP contribution in [0.2, 0.25) is 0 Å². The summed E-state index contributed by atoms with van der Waals surface area (Å²) in [4.78, 5) is 12.7. The molecule has 0 bridgehead atoms. The van der Waals surface area contributed by atoms with Gasteiger partial charge in [-0.2, -0.15) is 4.31 Å². The van der Waals surface area contributed by atoms with Gasteiger partial charge in [-0.3, -0.25) is 4.79 Å². The SMILES string of the molecule is COc1ccc(C(=O)Nc2c(F)cccc2F)cc1CN(C)S(=O)(=O)c1ccc(C)cc1. The molecule has 6 nitrogen and oxygen atoms in total. The van der Waals surface area contributed by atoms with E-state index in [1.165, 1.54) is 50.6 Å². The number of benzene rings is 3. The summed E-state index contributed by atoms with van der Waals surface area (Å²) in [7, 11) is -0.963. The van der Waals surface area contributed by atoms with Gasteiger partial charge in [-0.1, -0.05) is 23.8 Å². The Morgan fingerprint density at radius 1 is 1.03 bits per heavy atom. The molecule has 0 unspecified atom stereocenters. The van der Waals surface area contributed by atoms with Crippen molar-refractivity contribution in [3.05, 3.63) is 89.0 Å². The van der Waals surface area contributed by atoms with Crippen LogP contribution in [0, 0.1) is 18.6 Å². The summed E-state index contributed by atoms with van der Waals surface area (Å²) in [5, 5.41) is 2.21. The monoisotopic (exact) mass is 460 g/mol. The molecule has 168 valence electrons. The molecule has 0 aliphatic heterocycles. The van der Waals surface area contributed by atoms with E-state index in [0.717, 1.165) is 22.0 Å². The Labute approximate surface area is 185 Å². The first-order valence-electron chi connectivity index (χ1n) is 9.58. The first-order chi connectivity index (χ1) is 15.1. The maximum absolute atomic E-state index is 13.9. The highest BCUT2D eigenvalue weighted by atomic mass is 32.2. The number of aryl methyl sites for hydroxylation is 1. The fourth-order valence-corrected chi connectivity index (χ4v) is 4.21. The quantitative estimate of drug-likeness (QED) is 0.569. The van der Waals surface area contributed by atoms with Crippen LogP contribution in [0.25, 0.3) is 0 Å². The lowest BCUT2D eigenvalue weighted by Crippen LogP contribution is -2.27. The molecule has 0 saturated carbocycles. The van der Waals surface area contributed by atoms with Crippen molar-refractivity contribution < 1.29 is 26.7 Å². The second kappa shape index (κ2) is 9.46. The summed E-state index contributed by atoms with van der Waals surface area (Å²) in [5.41, 5.74) is 0.865. The molecule has 1 amide bonds. The average molecular weight is 461 g/mol. The number of nitrogens with one attached hydrogen (secondary N) is 1. The summed E-state index contributed by atoms with van der Waals surface area (Å²) >= 11 is 0. The molecule has 0 fully saturated rings. The van der Waals surface area contributed by atoms with Crippen LogP contribution in [0.3, 0.4) is 0 Å². The van der Waals surface area contributed by atoms with E-state index in [1.807, 2.05) is 6.92 Å². The van der Waals surface area contributed by atoms with E-state index in [1.54, 1.807) is 12.1 Å². The van der Waals surface area contributed by atoms with Gasteiger partial charge >= 0.3 is 0 Å². The lowest BCUT2D eigenvalue weighted by atomic mass is 10.1. The van der Waals surface area contributed by atoms with E-state index in [-0.39, 0.29) is 17.0 Å². The number of carbonyl (C=O) groups is 1. The lowest BCUT2D eigenvalue weighted by molar-refractivity contribution is 0.102. The maximum atomic E-state index is 13.9. The van der Waals surface area contributed by atoms with Gasteiger partial charge < -0.3 is 10.1 Å². The van der Waals surface area contributed by atoms with Crippen LogP contribution in [-0.2, 0) is 16.6 Å². The fraction of sp³-hybridized carbons (Fsp3) is 0.174. The number of hydrogen-bond donors (Lipinski definition) is 1. The Hall–Kier alpha value is -3.30. The third-order valence-electron chi connectivity index (χ3n) is 4.87. The minimum atomic E-state index is -3.79. The maximum Gasteiger partial charge on any atom is 0.255 e. The molecule has 0 aromatic heterocycles. The zero-order valence-electron chi connectivity index (χ0n) is 17.7. The highest BCUT2D eigenvalue weighted by molar-refractivity contribution is 7.89. The summed E-state index contributed by atoms with van der Waals surface area (Å²) in [6.45, 7) is 1.77. The van der Waals surface area contributed by atoms with Gasteiger partial charge in [0.2, 0.25) is 10.0 Å². The molecule has 0 atom stereocenters. The molecular formula is C23H22F2N2O4S. The third-order valence-corrected chi connectivity index (χ3v) is 6.68. The van der Waals surface area contributed by atoms with Crippen LogP contribution in [0.4, 0.5) is 14.5 Å². The van der Waals surface area contributed by atoms with Crippen molar-refractivity contribution in [2.24, 2.45) is 0 Å². The Balaban J connectivity index is 1.87. The van der Waals surface area contributed by atoms with Crippen LogP contribution < -0.4 is 10.1 Å². The van der Waals surface area contributed by atoms with E-state index in [4.69, 9.17) is 4.74 Å². The van der Waals surface area contributed by atoms with Crippen molar-refractivity contribution >= 4 is 21.6 Å². The minimum absolute atomic E-state index is 0.0876. The smallest absolute Gasteiger partial charge is 0.255 e. The fourth-order valence-electron chi connectivity index (χ4n) is 3.06. The Morgan fingerprint density at radius 3 is 2.25 bits per heavy atom. The number of rotatable bonds is 7. The van der Waals surface area contributed by atoms with Crippen molar-refractivity contribution in [2.75, 3.05) is 19.5 Å². The van der Waals surface area contributed by atoms with Crippen molar-refractivity contribution in [1.29, 1.82) is 0 Å². The molecule has 3 aromatic rings. The molecule has 9 heteroatoms. The molecule has 0 aliphatic rings. The molecule has 32 heavy (non-hydrogen) atoms. The van der Waals surface area contributed by atoms with Crippen molar-refractivity contribution in [1.82, 2.24) is 4.31 Å². The van der Waals surface area contributed by atoms with Crippen LogP contribution in [0.15, 0.2) is 65.6 Å². The van der Waals surface area contributed by atoms with E-state index >= 15 is 0 Å². The lowest BCUT2D eigenvalue weighted by Gasteiger charge is -2.19. The van der Waals surface area contributed by atoms with Crippen molar-refractivity contribution in [3.8, 4) is 5.75 Å². The number of nitrogens with zero attached hydrogens (tertiary/aromatic N) is 1. The summed E-state index contributed by atoms with van der Waals surface area (Å²) in [6, 6.07) is 14.0. The van der Waals surface area contributed by atoms with Gasteiger partial charge in [-0.15, -0.1) is 0 Å². The van der Waals surface area contributed by atoms with Crippen molar-refractivity contribution in [2.45, 2.75) is 18.4 Å². The zero-order valence-corrected chi connectivity index (χ0v) is 18.5. The third kappa shape index (κ3) is 4.95. The van der Waals surface area contributed by atoms with E-state index < -0.39 is 33.3 Å². The molecule has 3 rings (SSSR count). The van der Waals surface area contributed by atoms with Gasteiger partial charge in [0.05, 0.1) is 12.0 Å². The second-order valence-electron chi connectivity index (χ2n) is 7.15. The number of amides is 1. The predicted octanol–water partition coefficient (Wildman–Crippen LogP) is 4.35. The molecule has 0 aliphatic carbocycles. The minimum Gasteiger partial charge on any atom is -0.496 e. The first-order valence-corrected chi connectivity index (χ1v) is 11.0. The highest BCUT2D eigenvalue weighted by Gasteiger charge is 2.23. The standard InChI is InChI=1S/C23H22F2N2O4S/c1-15-7-10-18(11-8-15)32(29,30)27(2)14-17-13-16(9-12-21(17)31-3)23(28)26-22-19(24)5-4-6-20(22)25/h4-13H,14H2,1-3H3,(H,26,28). The molecule has 0 heterocycles. The van der Waals surface area contributed by atoms with Gasteiger partial charge in [-0.05, 0) is 49.4 Å². The Bertz CT molecular complexity index is 1230. The van der Waals surface area contributed by atoms with Crippen molar-refractivity contribution in [3.63, 3.8) is 0 Å². The second-order valence-corrected chi connectivity index (χ2v) is 9.20. The number of hydrogen-bond acceptors (Lipinski definition) is 4. The predicted molar refractivity (Wildman–Crippen MR) is 117 cm³/mol. The number of carbonyl (C=O) groups excluding carboxylic acids is 1. The van der Waals surface area contributed by atoms with E-state index in [0.29, 0.717) is 11.3 Å². The molecule has 3 aromatic carbocycles. The number of anilines is 1. The van der Waals surface area contributed by atoms with Gasteiger partial charge in [0.25, 0.3) is 5.91 Å². The average Bonchev–Trinajstić information content (AvgIpc) is 2.76. The summed E-state index contributed by atoms with van der Waals surface area (Å²) < 4.78 is 60.0. The van der Waals surface area contributed by atoms with Crippen LogP contribution >= 0.6 is 0 Å². The number of para-hydroxylation sites is 1. The van der Waals surface area contributed by atoms with E-state index in [2.05, 4.69) is 5.32 Å². The molecule has 0 spiro atoms. The Morgan fingerprint density at radius 2 is 1.66 bits per heavy atom. The number of sulfonamides is 1. The van der Waals surface area contributed by atoms with Gasteiger partial charge in [-0.25, -0.2) is 17.2 Å². The first kappa shape index (κ1) is 23.4. The van der Waals surface area contributed by atoms with Gasteiger partial charge in [0.15, 0.2) is 0 Å². The largest absolute Gasteiger partial charge is 0.496 e. The normalized spacial score (nSPS) is 11.4. The molecule has 1 N–H and O–H groups in total. The Kier molecular flexibility index (Phi) is 6.90. The van der Waals surface area contributed by atoms with Gasteiger partial charge in [0, 0.05) is 24.7 Å². The number of methoxy groups -OCH3 is 1. The molecular weight excluding hydrogens is 438 g/mol. The zero-order chi connectivity index (χ0) is 23.5. The number of halogens is 2. The number of ether oxygens (including phenoxy) is 1. The van der Waals surface area contributed by atoms with Crippen LogP contribution in [0.5, 0.6) is 5.75 Å². The molecule has 0 radical (unpaired) electrons. The van der Waals surface area contributed by atoms with Crippen LogP contribution in [0.1, 0.15) is 21.5 Å². The summed E-state index contributed by atoms with van der Waals surface area (Å²) in [5.74, 6) is -2.20. The highest BCUT2D eigenvalue weighted by Crippen LogP contribution is 2.26. The topological polar surface area (TPSA) is 75.7 Å². The van der Waals surface area contributed by atoms with Gasteiger partial charge in [0.1, 0.15) is 23.1 Å². The van der Waals surface area contributed by atoms with Crippen LogP contribution in [-0.4, -0.2) is 32.8 Å². The summed E-state index contributed by atoms with van der Waals surface area (Å²) in [6.07, 6.45) is 0. The van der Waals surface area contributed by atoms with E-state index in [9.17, 15) is 22.0 Å². The molecule has 0 saturated heterocycles.